The summed E-state index contributed by atoms with van der Waals surface area (Å²) in [5.41, 5.74) is -0.123. The summed E-state index contributed by atoms with van der Waals surface area (Å²) in [6, 6.07) is 9.47. The molecule has 0 saturated heterocycles. The van der Waals surface area contributed by atoms with Gasteiger partial charge >= 0.3 is 5.97 Å². The predicted molar refractivity (Wildman–Crippen MR) is 125 cm³/mol. The smallest absolute Gasteiger partial charge is 0.333 e. The summed E-state index contributed by atoms with van der Waals surface area (Å²) < 4.78 is 26.6. The minimum atomic E-state index is -0.603. The van der Waals surface area contributed by atoms with Gasteiger partial charge in [-0.25, -0.2) is 9.18 Å². The lowest BCUT2D eigenvalue weighted by atomic mass is 10.1. The van der Waals surface area contributed by atoms with Gasteiger partial charge in [-0.2, -0.15) is 0 Å². The van der Waals surface area contributed by atoms with Gasteiger partial charge in [0.05, 0.1) is 22.8 Å². The molecule has 1 amide bonds. The van der Waals surface area contributed by atoms with Crippen molar-refractivity contribution in [3.05, 3.63) is 67.5 Å². The van der Waals surface area contributed by atoms with Gasteiger partial charge in [0.15, 0.2) is 0 Å². The summed E-state index contributed by atoms with van der Waals surface area (Å²) in [4.78, 5) is 39.4. The first-order valence-electron chi connectivity index (χ1n) is 10.6. The van der Waals surface area contributed by atoms with Crippen LogP contribution in [0.3, 0.4) is 0 Å². The van der Waals surface area contributed by atoms with E-state index < -0.39 is 17.3 Å². The minimum Gasteiger partial charge on any atom is -0.463 e. The molecule has 2 heterocycles. The van der Waals surface area contributed by atoms with Crippen LogP contribution in [0.1, 0.15) is 26.5 Å². The largest absolute Gasteiger partial charge is 0.463 e. The van der Waals surface area contributed by atoms with E-state index in [1.54, 1.807) is 42.2 Å². The Kier molecular flexibility index (Phi) is 8.00. The molecule has 2 aromatic heterocycles. The topological polar surface area (TPSA) is 81.7 Å². The fraction of sp³-hybridized carbons (Fsp3) is 0.292. The predicted octanol–water partition coefficient (Wildman–Crippen LogP) is 2.35. The Bertz CT molecular complexity index is 1320. The molecule has 0 bridgehead atoms. The van der Waals surface area contributed by atoms with Gasteiger partial charge in [-0.05, 0) is 45.0 Å². The normalized spacial score (nSPS) is 12.2. The summed E-state index contributed by atoms with van der Waals surface area (Å²) >= 11 is 1.05. The lowest BCUT2D eigenvalue weighted by Crippen LogP contribution is -2.40. The zero-order chi connectivity index (χ0) is 24.0. The van der Waals surface area contributed by atoms with E-state index >= 15 is 0 Å². The molecule has 0 spiro atoms. The van der Waals surface area contributed by atoms with Gasteiger partial charge in [-0.3, -0.25) is 14.2 Å². The van der Waals surface area contributed by atoms with Crippen LogP contribution in [0.15, 0.2) is 45.6 Å². The van der Waals surface area contributed by atoms with Crippen molar-refractivity contribution >= 4 is 35.4 Å². The van der Waals surface area contributed by atoms with Crippen LogP contribution in [0.4, 0.5) is 4.39 Å². The van der Waals surface area contributed by atoms with Gasteiger partial charge in [0.2, 0.25) is 5.91 Å². The number of carbonyl (C=O) groups excluding carboxylic acids is 2. The Balaban J connectivity index is 2.06. The van der Waals surface area contributed by atoms with Crippen molar-refractivity contribution in [3.8, 4) is 11.3 Å². The van der Waals surface area contributed by atoms with Crippen LogP contribution in [0.25, 0.3) is 23.5 Å². The highest BCUT2D eigenvalue weighted by atomic mass is 32.1. The molecule has 33 heavy (non-hydrogen) atoms. The maximum absolute atomic E-state index is 14.1. The van der Waals surface area contributed by atoms with E-state index in [4.69, 9.17) is 9.15 Å². The Morgan fingerprint density at radius 3 is 2.55 bits per heavy atom. The number of esters is 1. The third-order valence-corrected chi connectivity index (χ3v) is 5.97. The molecule has 0 radical (unpaired) electrons. The van der Waals surface area contributed by atoms with Crippen molar-refractivity contribution in [2.45, 2.75) is 27.3 Å². The molecule has 0 N–H and O–H groups in total. The zero-order valence-corrected chi connectivity index (χ0v) is 19.5. The van der Waals surface area contributed by atoms with Crippen molar-refractivity contribution in [2.75, 3.05) is 19.7 Å². The Labute approximate surface area is 194 Å². The molecule has 1 aromatic carbocycles. The van der Waals surface area contributed by atoms with Crippen LogP contribution >= 0.6 is 11.3 Å². The van der Waals surface area contributed by atoms with E-state index in [1.165, 1.54) is 22.8 Å². The molecule has 0 atom stereocenters. The second kappa shape index (κ2) is 10.9. The molecule has 9 heteroatoms. The number of carbonyl (C=O) groups is 2. The Morgan fingerprint density at radius 1 is 1.15 bits per heavy atom. The van der Waals surface area contributed by atoms with Gasteiger partial charge in [-0.15, -0.1) is 11.3 Å². The number of ether oxygens (including phenoxy) is 1. The fourth-order valence-electron chi connectivity index (χ4n) is 3.25. The van der Waals surface area contributed by atoms with E-state index in [0.29, 0.717) is 34.8 Å². The van der Waals surface area contributed by atoms with E-state index in [1.807, 2.05) is 13.8 Å². The highest BCUT2D eigenvalue weighted by molar-refractivity contribution is 7.07. The maximum Gasteiger partial charge on any atom is 0.333 e. The monoisotopic (exact) mass is 472 g/mol. The molecule has 0 aliphatic rings. The number of aromatic nitrogens is 1. The molecule has 7 nitrogen and oxygen atoms in total. The average Bonchev–Trinajstić information content (AvgIpc) is 3.35. The van der Waals surface area contributed by atoms with Crippen molar-refractivity contribution in [2.24, 2.45) is 0 Å². The SMILES string of the molecule is CCOC(=O)/C=c1\s/c(=C\c2ccc(-c3ccccc3F)o2)c(=O)n1CC(=O)N(CC)CC. The second-order valence-corrected chi connectivity index (χ2v) is 8.05. The molecule has 3 aromatic rings. The molecule has 0 unspecified atom stereocenters. The highest BCUT2D eigenvalue weighted by Crippen LogP contribution is 2.24. The van der Waals surface area contributed by atoms with Gasteiger partial charge in [-0.1, -0.05) is 12.1 Å². The number of halogens is 1. The van der Waals surface area contributed by atoms with Gasteiger partial charge < -0.3 is 14.1 Å². The minimum absolute atomic E-state index is 0.188. The molecular weight excluding hydrogens is 447 g/mol. The molecule has 174 valence electrons. The van der Waals surface area contributed by atoms with Crippen LogP contribution in [0, 0.1) is 5.82 Å². The standard InChI is InChI=1S/C24H25FN2O5S/c1-4-26(5-2)21(28)15-27-22(14-23(29)31-6-3)33-20(24(27)30)13-16-11-12-19(32-16)17-9-7-8-10-18(17)25/h7-14H,4-6,15H2,1-3H3/b20-13-,22-14-. The van der Waals surface area contributed by atoms with Crippen molar-refractivity contribution in [3.63, 3.8) is 0 Å². The van der Waals surface area contributed by atoms with Crippen LogP contribution in [0.2, 0.25) is 0 Å². The van der Waals surface area contributed by atoms with Crippen LogP contribution < -0.4 is 14.8 Å². The molecule has 0 fully saturated rings. The first-order valence-corrected chi connectivity index (χ1v) is 11.4. The van der Waals surface area contributed by atoms with E-state index in [-0.39, 0.29) is 23.6 Å². The summed E-state index contributed by atoms with van der Waals surface area (Å²) in [5, 5.41) is 0. The third kappa shape index (κ3) is 5.67. The van der Waals surface area contributed by atoms with Crippen LogP contribution in [0.5, 0.6) is 0 Å². The quantitative estimate of drug-likeness (QED) is 0.470. The molecule has 0 aliphatic carbocycles. The maximum atomic E-state index is 14.1. The number of thiazole rings is 1. The number of furan rings is 1. The van der Waals surface area contributed by atoms with Crippen LogP contribution in [-0.4, -0.2) is 41.0 Å². The van der Waals surface area contributed by atoms with Crippen LogP contribution in [-0.2, 0) is 20.9 Å². The van der Waals surface area contributed by atoms with Gasteiger partial charge in [0, 0.05) is 19.2 Å². The highest BCUT2D eigenvalue weighted by Gasteiger charge is 2.15. The van der Waals surface area contributed by atoms with Crippen molar-refractivity contribution in [1.82, 2.24) is 9.47 Å². The number of rotatable bonds is 8. The van der Waals surface area contributed by atoms with Crippen molar-refractivity contribution < 1.29 is 23.1 Å². The number of hydrogen-bond donors (Lipinski definition) is 0. The third-order valence-electron chi connectivity index (χ3n) is 4.91. The Morgan fingerprint density at radius 2 is 1.88 bits per heavy atom. The Hall–Kier alpha value is -3.46. The summed E-state index contributed by atoms with van der Waals surface area (Å²) in [6.45, 7) is 6.40. The van der Waals surface area contributed by atoms with E-state index in [0.717, 1.165) is 11.3 Å². The second-order valence-electron chi connectivity index (χ2n) is 6.98. The number of amides is 1. The average molecular weight is 473 g/mol. The summed E-state index contributed by atoms with van der Waals surface area (Å²) in [7, 11) is 0. The molecule has 3 rings (SSSR count). The van der Waals surface area contributed by atoms with Gasteiger partial charge in [0.25, 0.3) is 5.56 Å². The van der Waals surface area contributed by atoms with E-state index in [2.05, 4.69) is 0 Å². The summed E-state index contributed by atoms with van der Waals surface area (Å²) in [5.74, 6) is -0.583. The number of hydrogen-bond acceptors (Lipinski definition) is 6. The van der Waals surface area contributed by atoms with E-state index in [9.17, 15) is 18.8 Å². The van der Waals surface area contributed by atoms with Gasteiger partial charge in [0.1, 0.15) is 28.5 Å². The van der Waals surface area contributed by atoms with Crippen molar-refractivity contribution in [1.29, 1.82) is 0 Å². The number of benzene rings is 1. The number of nitrogens with zero attached hydrogens (tertiary/aromatic N) is 2. The number of likely N-dealkylation sites (N-methyl/N-ethyl adjacent to an activating group) is 1. The lowest BCUT2D eigenvalue weighted by molar-refractivity contribution is -0.135. The molecular formula is C24H25FN2O5S. The first kappa shape index (κ1) is 24.2. The molecule has 0 saturated carbocycles. The molecule has 0 aliphatic heterocycles. The zero-order valence-electron chi connectivity index (χ0n) is 18.7. The summed E-state index contributed by atoms with van der Waals surface area (Å²) in [6.07, 6.45) is 2.72. The fourth-order valence-corrected chi connectivity index (χ4v) is 4.27. The lowest BCUT2D eigenvalue weighted by Gasteiger charge is -2.18. The first-order chi connectivity index (χ1) is 15.9.